The van der Waals surface area contributed by atoms with E-state index in [0.29, 0.717) is 19.4 Å². The molecule has 7 nitrogen and oxygen atoms in total. The topological polar surface area (TPSA) is 57.3 Å². The minimum absolute atomic E-state index is 0.286. The van der Waals surface area contributed by atoms with E-state index in [1.54, 1.807) is 0 Å². The van der Waals surface area contributed by atoms with Crippen LogP contribution in [0.2, 0.25) is 0 Å². The van der Waals surface area contributed by atoms with Crippen LogP contribution in [-0.4, -0.2) is 86.3 Å². The summed E-state index contributed by atoms with van der Waals surface area (Å²) in [5.74, 6) is 1.94. The van der Waals surface area contributed by atoms with Gasteiger partial charge in [0.25, 0.3) is 0 Å². The molecule has 3 aliphatic heterocycles. The van der Waals surface area contributed by atoms with E-state index in [9.17, 15) is 4.79 Å². The van der Waals surface area contributed by atoms with Gasteiger partial charge in [0.2, 0.25) is 12.7 Å². The van der Waals surface area contributed by atoms with E-state index < -0.39 is 0 Å². The van der Waals surface area contributed by atoms with Gasteiger partial charge in [-0.2, -0.15) is 0 Å². The molecule has 0 aromatic heterocycles. The summed E-state index contributed by atoms with van der Waals surface area (Å²) in [5, 5.41) is 3.62. The van der Waals surface area contributed by atoms with E-state index in [2.05, 4.69) is 28.2 Å². The average Bonchev–Trinajstić information content (AvgIpc) is 3.16. The molecule has 148 valence electrons. The molecule has 1 aromatic carbocycles. The van der Waals surface area contributed by atoms with E-state index in [1.165, 1.54) is 5.56 Å². The number of piperidine rings is 1. The zero-order valence-corrected chi connectivity index (χ0v) is 16.2. The van der Waals surface area contributed by atoms with Crippen LogP contribution in [0.3, 0.4) is 0 Å². The van der Waals surface area contributed by atoms with Crippen molar-refractivity contribution in [3.8, 4) is 11.5 Å². The Hall–Kier alpha value is -1.83. The maximum absolute atomic E-state index is 12.6. The zero-order chi connectivity index (χ0) is 18.6. The predicted molar refractivity (Wildman–Crippen MR) is 103 cm³/mol. The molecule has 0 bridgehead atoms. The number of hydrogen-bond donors (Lipinski definition) is 1. The highest BCUT2D eigenvalue weighted by Gasteiger charge is 2.25. The van der Waals surface area contributed by atoms with Crippen molar-refractivity contribution >= 4 is 5.91 Å². The number of likely N-dealkylation sites (tertiary alicyclic amines) is 1. The normalized spacial score (nSPS) is 21.6. The first-order chi connectivity index (χ1) is 13.2. The van der Waals surface area contributed by atoms with Crippen molar-refractivity contribution < 1.29 is 14.3 Å². The number of rotatable bonds is 5. The molecule has 0 spiro atoms. The third-order valence-electron chi connectivity index (χ3n) is 5.83. The molecule has 1 N–H and O–H groups in total. The summed E-state index contributed by atoms with van der Waals surface area (Å²) in [5.41, 5.74) is 1.20. The molecular weight excluding hydrogens is 344 g/mol. The Labute approximate surface area is 161 Å². The number of hydrogen-bond acceptors (Lipinski definition) is 6. The molecule has 27 heavy (non-hydrogen) atoms. The quantitative estimate of drug-likeness (QED) is 0.821. The summed E-state index contributed by atoms with van der Waals surface area (Å²) in [6.45, 7) is 7.51. The minimum Gasteiger partial charge on any atom is -0.454 e. The number of likely N-dealkylation sites (N-methyl/N-ethyl adjacent to an activating group) is 1. The number of benzene rings is 1. The number of ether oxygens (including phenoxy) is 2. The first-order valence-corrected chi connectivity index (χ1v) is 9.98. The van der Waals surface area contributed by atoms with Gasteiger partial charge in [0.1, 0.15) is 0 Å². The third-order valence-corrected chi connectivity index (χ3v) is 5.83. The van der Waals surface area contributed by atoms with Crippen molar-refractivity contribution in [2.45, 2.75) is 25.4 Å². The van der Waals surface area contributed by atoms with Crippen LogP contribution < -0.4 is 14.8 Å². The summed E-state index contributed by atoms with van der Waals surface area (Å²) >= 11 is 0. The van der Waals surface area contributed by atoms with Crippen LogP contribution in [0.15, 0.2) is 18.2 Å². The van der Waals surface area contributed by atoms with Crippen molar-refractivity contribution in [1.29, 1.82) is 0 Å². The minimum atomic E-state index is 0.286. The lowest BCUT2D eigenvalue weighted by molar-refractivity contribution is -0.133. The van der Waals surface area contributed by atoms with Crippen molar-refractivity contribution in [3.05, 3.63) is 23.8 Å². The molecule has 0 radical (unpaired) electrons. The molecule has 0 unspecified atom stereocenters. The predicted octanol–water partition coefficient (Wildman–Crippen LogP) is 0.743. The fraction of sp³-hybridized carbons (Fsp3) is 0.650. The summed E-state index contributed by atoms with van der Waals surface area (Å²) in [7, 11) is 2.14. The summed E-state index contributed by atoms with van der Waals surface area (Å²) in [6.07, 6.45) is 2.03. The summed E-state index contributed by atoms with van der Waals surface area (Å²) in [4.78, 5) is 19.2. The zero-order valence-electron chi connectivity index (χ0n) is 16.2. The Balaban J connectivity index is 1.18. The lowest BCUT2D eigenvalue weighted by Gasteiger charge is -2.36. The van der Waals surface area contributed by atoms with Gasteiger partial charge >= 0.3 is 0 Å². The highest BCUT2D eigenvalue weighted by Crippen LogP contribution is 2.32. The second kappa shape index (κ2) is 8.46. The standard InChI is InChI=1S/C20H30N4O3/c1-22-8-10-23(11-9-22)14-20(25)24-6-4-17(5-7-24)21-13-16-2-3-18-19(12-16)27-15-26-18/h2-3,12,17,21H,4-11,13-15H2,1H3. The average molecular weight is 374 g/mol. The number of carbonyl (C=O) groups excluding carboxylic acids is 1. The van der Waals surface area contributed by atoms with Crippen LogP contribution in [-0.2, 0) is 11.3 Å². The van der Waals surface area contributed by atoms with Crippen molar-refractivity contribution in [1.82, 2.24) is 20.0 Å². The lowest BCUT2D eigenvalue weighted by atomic mass is 10.0. The van der Waals surface area contributed by atoms with Gasteiger partial charge < -0.3 is 24.6 Å². The van der Waals surface area contributed by atoms with Gasteiger partial charge in [-0.3, -0.25) is 9.69 Å². The van der Waals surface area contributed by atoms with Crippen LogP contribution >= 0.6 is 0 Å². The molecule has 2 saturated heterocycles. The number of amides is 1. The van der Waals surface area contributed by atoms with Gasteiger partial charge in [-0.05, 0) is 37.6 Å². The molecule has 1 aromatic rings. The first kappa shape index (κ1) is 18.5. The van der Waals surface area contributed by atoms with Crippen LogP contribution in [0.1, 0.15) is 18.4 Å². The largest absolute Gasteiger partial charge is 0.454 e. The molecule has 2 fully saturated rings. The molecule has 1 amide bonds. The van der Waals surface area contributed by atoms with Gasteiger partial charge in [-0.1, -0.05) is 6.07 Å². The molecule has 4 rings (SSSR count). The Kier molecular flexibility index (Phi) is 5.80. The smallest absolute Gasteiger partial charge is 0.236 e. The Morgan fingerprint density at radius 2 is 1.81 bits per heavy atom. The second-order valence-electron chi connectivity index (χ2n) is 7.80. The van der Waals surface area contributed by atoms with Crippen LogP contribution in [0.25, 0.3) is 0 Å². The highest BCUT2D eigenvalue weighted by atomic mass is 16.7. The maximum Gasteiger partial charge on any atom is 0.236 e. The molecule has 3 heterocycles. The first-order valence-electron chi connectivity index (χ1n) is 9.98. The number of piperazine rings is 1. The Morgan fingerprint density at radius 1 is 1.07 bits per heavy atom. The monoisotopic (exact) mass is 374 g/mol. The van der Waals surface area contributed by atoms with Crippen LogP contribution in [0.5, 0.6) is 11.5 Å². The van der Waals surface area contributed by atoms with Gasteiger partial charge in [-0.25, -0.2) is 0 Å². The van der Waals surface area contributed by atoms with Crippen molar-refractivity contribution in [2.75, 3.05) is 59.7 Å². The van der Waals surface area contributed by atoms with Crippen molar-refractivity contribution in [2.24, 2.45) is 0 Å². The molecule has 0 aliphatic carbocycles. The molecular formula is C20H30N4O3. The van der Waals surface area contributed by atoms with Gasteiger partial charge in [0, 0.05) is 51.9 Å². The fourth-order valence-corrected chi connectivity index (χ4v) is 3.94. The summed E-state index contributed by atoms with van der Waals surface area (Å²) < 4.78 is 10.8. The second-order valence-corrected chi connectivity index (χ2v) is 7.80. The van der Waals surface area contributed by atoms with Gasteiger partial charge in [0.05, 0.1) is 6.54 Å². The van der Waals surface area contributed by atoms with Crippen LogP contribution in [0.4, 0.5) is 0 Å². The van der Waals surface area contributed by atoms with Crippen molar-refractivity contribution in [3.63, 3.8) is 0 Å². The summed E-state index contributed by atoms with van der Waals surface area (Å²) in [6, 6.07) is 6.56. The third kappa shape index (κ3) is 4.72. The number of carbonyl (C=O) groups is 1. The maximum atomic E-state index is 12.6. The number of nitrogens with zero attached hydrogens (tertiary/aromatic N) is 3. The van der Waals surface area contributed by atoms with E-state index in [-0.39, 0.29) is 5.91 Å². The molecule has 0 atom stereocenters. The van der Waals surface area contributed by atoms with Gasteiger partial charge in [0.15, 0.2) is 11.5 Å². The number of nitrogens with one attached hydrogen (secondary N) is 1. The Bertz CT molecular complexity index is 653. The lowest BCUT2D eigenvalue weighted by Crippen LogP contribution is -2.51. The van der Waals surface area contributed by atoms with E-state index in [1.807, 2.05) is 17.0 Å². The fourth-order valence-electron chi connectivity index (χ4n) is 3.94. The highest BCUT2D eigenvalue weighted by molar-refractivity contribution is 5.78. The van der Waals surface area contributed by atoms with Crippen LogP contribution in [0, 0.1) is 0 Å². The number of fused-ring (bicyclic) bond motifs is 1. The van der Waals surface area contributed by atoms with E-state index in [0.717, 1.165) is 70.2 Å². The van der Waals surface area contributed by atoms with E-state index in [4.69, 9.17) is 9.47 Å². The molecule has 3 aliphatic rings. The van der Waals surface area contributed by atoms with Gasteiger partial charge in [-0.15, -0.1) is 0 Å². The SMILES string of the molecule is CN1CCN(CC(=O)N2CCC(NCc3ccc4c(c3)OCO4)CC2)CC1. The van der Waals surface area contributed by atoms with E-state index >= 15 is 0 Å². The Morgan fingerprint density at radius 3 is 2.59 bits per heavy atom. The molecule has 0 saturated carbocycles. The molecule has 7 heteroatoms.